The van der Waals surface area contributed by atoms with Crippen molar-refractivity contribution in [3.05, 3.63) is 76.0 Å². The molecule has 0 spiro atoms. The van der Waals surface area contributed by atoms with Crippen LogP contribution in [-0.4, -0.2) is 15.2 Å². The molecule has 7 heteroatoms. The van der Waals surface area contributed by atoms with Gasteiger partial charge in [0.25, 0.3) is 5.89 Å². The number of aromatic hydroxyl groups is 1. The van der Waals surface area contributed by atoms with Crippen LogP contribution in [0.25, 0.3) is 34.0 Å². The van der Waals surface area contributed by atoms with Gasteiger partial charge in [-0.3, -0.25) is 0 Å². The van der Waals surface area contributed by atoms with Crippen LogP contribution >= 0.6 is 23.2 Å². The summed E-state index contributed by atoms with van der Waals surface area (Å²) >= 11 is 12.5. The fraction of sp³-hybridized carbons (Fsp3) is 0.167. The topological polar surface area (TPSA) is 59.2 Å². The van der Waals surface area contributed by atoms with Crippen molar-refractivity contribution in [1.29, 1.82) is 0 Å². The van der Waals surface area contributed by atoms with Crippen molar-refractivity contribution < 1.29 is 14.0 Å². The van der Waals surface area contributed by atoms with Crippen LogP contribution in [0.2, 0.25) is 10.0 Å². The van der Waals surface area contributed by atoms with Crippen molar-refractivity contribution >= 4 is 23.2 Å². The lowest BCUT2D eigenvalue weighted by Crippen LogP contribution is -2.11. The third kappa shape index (κ3) is 4.03. The van der Waals surface area contributed by atoms with Crippen molar-refractivity contribution in [3.8, 4) is 39.7 Å². The molecule has 1 aromatic heterocycles. The zero-order chi connectivity index (χ0) is 22.3. The maximum Gasteiger partial charge on any atom is 0.262 e. The lowest BCUT2D eigenvalue weighted by Gasteiger charge is -2.22. The zero-order valence-corrected chi connectivity index (χ0v) is 18.6. The number of phenolic OH excluding ortho intramolecular Hbond substituents is 1. The molecule has 0 aliphatic heterocycles. The average Bonchev–Trinajstić information content (AvgIpc) is 3.17. The second kappa shape index (κ2) is 7.98. The Kier molecular flexibility index (Phi) is 5.50. The zero-order valence-electron chi connectivity index (χ0n) is 17.1. The van der Waals surface area contributed by atoms with Crippen molar-refractivity contribution in [3.63, 3.8) is 0 Å². The molecule has 31 heavy (non-hydrogen) atoms. The Balaban J connectivity index is 1.93. The quantitative estimate of drug-likeness (QED) is 0.346. The van der Waals surface area contributed by atoms with Gasteiger partial charge >= 0.3 is 0 Å². The van der Waals surface area contributed by atoms with E-state index < -0.39 is 5.82 Å². The van der Waals surface area contributed by atoms with Crippen LogP contribution in [0.3, 0.4) is 0 Å². The first-order valence-electron chi connectivity index (χ1n) is 9.57. The van der Waals surface area contributed by atoms with Crippen LogP contribution in [0.1, 0.15) is 26.3 Å². The molecule has 0 amide bonds. The standard InChI is InChI=1S/C24H19Cl2FN2O2/c1-24(2,3)13-11-15(14-7-4-5-8-17(14)25)21(30)16(12-13)22-28-23(31-29-22)20-18(26)9-6-10-19(20)27/h4-12,30H,1-3H3. The molecule has 3 aromatic carbocycles. The smallest absolute Gasteiger partial charge is 0.262 e. The van der Waals surface area contributed by atoms with E-state index in [2.05, 4.69) is 30.9 Å². The lowest BCUT2D eigenvalue weighted by molar-refractivity contribution is 0.428. The molecule has 158 valence electrons. The minimum Gasteiger partial charge on any atom is -0.507 e. The third-order valence-corrected chi connectivity index (χ3v) is 5.63. The summed E-state index contributed by atoms with van der Waals surface area (Å²) in [7, 11) is 0. The van der Waals surface area contributed by atoms with Gasteiger partial charge in [0.1, 0.15) is 11.6 Å². The molecule has 0 saturated heterocycles. The Morgan fingerprint density at radius 3 is 2.26 bits per heavy atom. The Morgan fingerprint density at radius 1 is 0.903 bits per heavy atom. The average molecular weight is 457 g/mol. The van der Waals surface area contributed by atoms with Gasteiger partial charge in [-0.15, -0.1) is 0 Å². The van der Waals surface area contributed by atoms with E-state index in [1.807, 2.05) is 24.3 Å². The first-order chi connectivity index (χ1) is 14.7. The van der Waals surface area contributed by atoms with Gasteiger partial charge in [0.2, 0.25) is 5.82 Å². The summed E-state index contributed by atoms with van der Waals surface area (Å²) in [5.41, 5.74) is 2.29. The molecule has 0 unspecified atom stereocenters. The van der Waals surface area contributed by atoms with Crippen molar-refractivity contribution in [2.24, 2.45) is 0 Å². The number of aromatic nitrogens is 2. The highest BCUT2D eigenvalue weighted by Crippen LogP contribution is 2.43. The highest BCUT2D eigenvalue weighted by Gasteiger charge is 2.24. The molecule has 1 heterocycles. The largest absolute Gasteiger partial charge is 0.507 e. The van der Waals surface area contributed by atoms with E-state index in [0.29, 0.717) is 21.7 Å². The van der Waals surface area contributed by atoms with E-state index in [4.69, 9.17) is 27.7 Å². The second-order valence-electron chi connectivity index (χ2n) is 8.17. The summed E-state index contributed by atoms with van der Waals surface area (Å²) in [5, 5.41) is 15.8. The predicted octanol–water partition coefficient (Wildman–Crippen LogP) is 7.52. The van der Waals surface area contributed by atoms with Gasteiger partial charge in [-0.05, 0) is 41.3 Å². The van der Waals surface area contributed by atoms with Crippen LogP contribution < -0.4 is 0 Å². The van der Waals surface area contributed by atoms with Crippen molar-refractivity contribution in [2.45, 2.75) is 26.2 Å². The molecule has 0 saturated carbocycles. The summed E-state index contributed by atoms with van der Waals surface area (Å²) < 4.78 is 19.6. The van der Waals surface area contributed by atoms with E-state index in [-0.39, 0.29) is 33.5 Å². The Hall–Kier alpha value is -2.89. The molecular weight excluding hydrogens is 438 g/mol. The number of hydrogen-bond acceptors (Lipinski definition) is 4. The predicted molar refractivity (Wildman–Crippen MR) is 121 cm³/mol. The molecule has 0 fully saturated rings. The third-order valence-electron chi connectivity index (χ3n) is 4.98. The normalized spacial score (nSPS) is 11.7. The number of nitrogens with zero attached hydrogens (tertiary/aromatic N) is 2. The Labute approximate surface area is 189 Å². The summed E-state index contributed by atoms with van der Waals surface area (Å²) in [6.45, 7) is 6.17. The summed E-state index contributed by atoms with van der Waals surface area (Å²) in [5.74, 6) is -0.579. The number of rotatable bonds is 3. The molecule has 0 aliphatic carbocycles. The molecule has 4 aromatic rings. The van der Waals surface area contributed by atoms with Crippen molar-refractivity contribution in [2.75, 3.05) is 0 Å². The Bertz CT molecular complexity index is 1260. The molecule has 0 bridgehead atoms. The highest BCUT2D eigenvalue weighted by atomic mass is 35.5. The first-order valence-corrected chi connectivity index (χ1v) is 10.3. The van der Waals surface area contributed by atoms with Crippen LogP contribution in [0.5, 0.6) is 5.75 Å². The van der Waals surface area contributed by atoms with E-state index >= 15 is 0 Å². The first kappa shape index (κ1) is 21.3. The van der Waals surface area contributed by atoms with Crippen LogP contribution in [0.15, 0.2) is 59.1 Å². The van der Waals surface area contributed by atoms with Crippen LogP contribution in [-0.2, 0) is 5.41 Å². The van der Waals surface area contributed by atoms with Gasteiger partial charge in [-0.1, -0.05) is 73.4 Å². The van der Waals surface area contributed by atoms with E-state index in [1.54, 1.807) is 12.1 Å². The molecule has 1 N–H and O–H groups in total. The minimum atomic E-state index is -0.577. The van der Waals surface area contributed by atoms with E-state index in [0.717, 1.165) is 5.56 Å². The summed E-state index contributed by atoms with van der Waals surface area (Å²) in [6.07, 6.45) is 0. The molecule has 4 rings (SSSR count). The summed E-state index contributed by atoms with van der Waals surface area (Å²) in [4.78, 5) is 4.32. The number of benzene rings is 3. The molecular formula is C24H19Cl2FN2O2. The molecule has 0 aliphatic rings. The lowest BCUT2D eigenvalue weighted by atomic mass is 9.83. The number of halogens is 3. The van der Waals surface area contributed by atoms with Gasteiger partial charge in [-0.2, -0.15) is 4.98 Å². The number of hydrogen-bond donors (Lipinski definition) is 1. The van der Waals surface area contributed by atoms with Gasteiger partial charge in [0.15, 0.2) is 0 Å². The van der Waals surface area contributed by atoms with Gasteiger partial charge in [-0.25, -0.2) is 4.39 Å². The van der Waals surface area contributed by atoms with Crippen molar-refractivity contribution in [1.82, 2.24) is 10.1 Å². The fourth-order valence-electron chi connectivity index (χ4n) is 3.26. The molecule has 4 nitrogen and oxygen atoms in total. The van der Waals surface area contributed by atoms with Gasteiger partial charge in [0.05, 0.1) is 16.1 Å². The van der Waals surface area contributed by atoms with Gasteiger partial charge < -0.3 is 9.63 Å². The minimum absolute atomic E-state index is 0.0145. The van der Waals surface area contributed by atoms with E-state index in [9.17, 15) is 9.50 Å². The monoisotopic (exact) mass is 456 g/mol. The molecule has 0 radical (unpaired) electrons. The van der Waals surface area contributed by atoms with E-state index in [1.165, 1.54) is 18.2 Å². The van der Waals surface area contributed by atoms with Crippen LogP contribution in [0, 0.1) is 5.82 Å². The fourth-order valence-corrected chi connectivity index (χ4v) is 3.74. The Morgan fingerprint density at radius 2 is 1.58 bits per heavy atom. The van der Waals surface area contributed by atoms with Crippen LogP contribution in [0.4, 0.5) is 4.39 Å². The molecule has 0 atom stereocenters. The van der Waals surface area contributed by atoms with Gasteiger partial charge in [0, 0.05) is 16.1 Å². The maximum absolute atomic E-state index is 14.3. The number of phenols is 1. The highest BCUT2D eigenvalue weighted by molar-refractivity contribution is 6.33. The maximum atomic E-state index is 14.3. The second-order valence-corrected chi connectivity index (χ2v) is 8.98. The SMILES string of the molecule is CC(C)(C)c1cc(-c2noc(-c3c(F)cccc3Cl)n2)c(O)c(-c2ccccc2Cl)c1. The summed E-state index contributed by atoms with van der Waals surface area (Å²) in [6, 6.07) is 15.2.